The summed E-state index contributed by atoms with van der Waals surface area (Å²) in [5.41, 5.74) is 1.00. The van der Waals surface area contributed by atoms with E-state index >= 15 is 0 Å². The summed E-state index contributed by atoms with van der Waals surface area (Å²) < 4.78 is 15.5. The Kier molecular flexibility index (Phi) is 8.97. The fourth-order valence-corrected chi connectivity index (χ4v) is 1.53. The Hall–Kier alpha value is -1.17. The minimum Gasteiger partial charge on any atom is -0.492 e. The number of nitrogens with one attached hydrogen (secondary N) is 1. The van der Waals surface area contributed by atoms with Crippen LogP contribution in [0.2, 0.25) is 0 Å². The molecule has 1 aromatic rings. The molecule has 0 saturated carbocycles. The molecule has 0 amide bonds. The van der Waals surface area contributed by atoms with Crippen molar-refractivity contribution in [3.63, 3.8) is 0 Å². The Balaban J connectivity index is 2.16. The topological polar surface area (TPSA) is 52.6 Å². The summed E-state index contributed by atoms with van der Waals surface area (Å²) in [4.78, 5) is 4.34. The van der Waals surface area contributed by atoms with Crippen LogP contribution in [0.1, 0.15) is 18.5 Å². The van der Waals surface area contributed by atoms with Gasteiger partial charge in [0.25, 0.3) is 0 Å². The summed E-state index contributed by atoms with van der Waals surface area (Å²) in [5.74, 6) is 0.818. The van der Waals surface area contributed by atoms with Crippen molar-refractivity contribution in [2.75, 3.05) is 40.6 Å². The Morgan fingerprint density at radius 3 is 2.53 bits per heavy atom. The predicted molar refractivity (Wildman–Crippen MR) is 74.4 cm³/mol. The fraction of sp³-hybridized carbons (Fsp3) is 0.643. The lowest BCUT2D eigenvalue weighted by Gasteiger charge is -2.07. The Morgan fingerprint density at radius 1 is 1.05 bits per heavy atom. The maximum Gasteiger partial charge on any atom is 0.137 e. The molecule has 0 aliphatic rings. The third-order valence-electron chi connectivity index (χ3n) is 2.60. The molecule has 108 valence electrons. The van der Waals surface area contributed by atoms with Crippen LogP contribution in [0, 0.1) is 0 Å². The number of ether oxygens (including phenoxy) is 3. The van der Waals surface area contributed by atoms with Crippen molar-refractivity contribution in [2.24, 2.45) is 0 Å². The van der Waals surface area contributed by atoms with Crippen LogP contribution in [0.3, 0.4) is 0 Å². The minimum absolute atomic E-state index is 0.705. The van der Waals surface area contributed by atoms with Crippen molar-refractivity contribution >= 4 is 0 Å². The fourth-order valence-electron chi connectivity index (χ4n) is 1.53. The number of hydrogen-bond donors (Lipinski definition) is 1. The molecule has 1 N–H and O–H groups in total. The number of hydrogen-bond acceptors (Lipinski definition) is 5. The molecular formula is C14H24N2O3. The van der Waals surface area contributed by atoms with Crippen molar-refractivity contribution in [1.29, 1.82) is 0 Å². The molecule has 1 aromatic heterocycles. The zero-order valence-electron chi connectivity index (χ0n) is 11.9. The number of methoxy groups -OCH3 is 2. The van der Waals surface area contributed by atoms with Crippen LogP contribution in [0.5, 0.6) is 5.75 Å². The van der Waals surface area contributed by atoms with E-state index in [2.05, 4.69) is 10.3 Å². The molecule has 0 aromatic carbocycles. The van der Waals surface area contributed by atoms with Gasteiger partial charge < -0.3 is 19.5 Å². The summed E-state index contributed by atoms with van der Waals surface area (Å²) in [6.07, 6.45) is 3.78. The SMILES string of the molecule is COCCCCOc1ccc(CNCCOC)nc1. The predicted octanol–water partition coefficient (Wildman–Crippen LogP) is 1.62. The molecular weight excluding hydrogens is 244 g/mol. The van der Waals surface area contributed by atoms with Crippen LogP contribution in [0.25, 0.3) is 0 Å². The highest BCUT2D eigenvalue weighted by Crippen LogP contribution is 2.09. The number of rotatable bonds is 11. The average Bonchev–Trinajstić information content (AvgIpc) is 2.45. The van der Waals surface area contributed by atoms with Gasteiger partial charge in [0.2, 0.25) is 0 Å². The number of aromatic nitrogens is 1. The third-order valence-corrected chi connectivity index (χ3v) is 2.60. The Morgan fingerprint density at radius 2 is 1.84 bits per heavy atom. The van der Waals surface area contributed by atoms with E-state index in [0.717, 1.165) is 44.0 Å². The van der Waals surface area contributed by atoms with E-state index < -0.39 is 0 Å². The average molecular weight is 268 g/mol. The molecule has 0 aliphatic carbocycles. The highest BCUT2D eigenvalue weighted by atomic mass is 16.5. The second kappa shape index (κ2) is 10.7. The highest BCUT2D eigenvalue weighted by molar-refractivity contribution is 5.19. The standard InChI is InChI=1S/C14H24N2O3/c1-17-8-3-4-9-19-14-6-5-13(16-12-14)11-15-7-10-18-2/h5-6,12,15H,3-4,7-11H2,1-2H3. The molecule has 5 heteroatoms. The van der Waals surface area contributed by atoms with Crippen LogP contribution >= 0.6 is 0 Å². The maximum atomic E-state index is 5.59. The first-order valence-electron chi connectivity index (χ1n) is 6.63. The molecule has 5 nitrogen and oxygen atoms in total. The molecule has 0 radical (unpaired) electrons. The molecule has 0 bridgehead atoms. The molecule has 0 unspecified atom stereocenters. The highest BCUT2D eigenvalue weighted by Gasteiger charge is 1.97. The van der Waals surface area contributed by atoms with Crippen molar-refractivity contribution in [3.8, 4) is 5.75 Å². The lowest BCUT2D eigenvalue weighted by atomic mass is 10.3. The van der Waals surface area contributed by atoms with Crippen molar-refractivity contribution in [1.82, 2.24) is 10.3 Å². The second-order valence-corrected chi connectivity index (χ2v) is 4.20. The van der Waals surface area contributed by atoms with Gasteiger partial charge in [0.1, 0.15) is 5.75 Å². The molecule has 1 heterocycles. The quantitative estimate of drug-likeness (QED) is 0.618. The summed E-state index contributed by atoms with van der Waals surface area (Å²) in [5, 5.41) is 3.25. The lowest BCUT2D eigenvalue weighted by molar-refractivity contribution is 0.184. The van der Waals surface area contributed by atoms with Gasteiger partial charge in [-0.05, 0) is 25.0 Å². The van der Waals surface area contributed by atoms with Gasteiger partial charge in [-0.3, -0.25) is 4.98 Å². The number of pyridine rings is 1. The van der Waals surface area contributed by atoms with E-state index in [-0.39, 0.29) is 0 Å². The summed E-state index contributed by atoms with van der Waals surface area (Å²) >= 11 is 0. The largest absolute Gasteiger partial charge is 0.492 e. The van der Waals surface area contributed by atoms with Crippen LogP contribution in [-0.2, 0) is 16.0 Å². The van der Waals surface area contributed by atoms with E-state index in [1.165, 1.54) is 0 Å². The molecule has 1 rings (SSSR count). The Labute approximate surface area is 115 Å². The first-order valence-corrected chi connectivity index (χ1v) is 6.63. The zero-order chi connectivity index (χ0) is 13.8. The molecule has 0 spiro atoms. The smallest absolute Gasteiger partial charge is 0.137 e. The van der Waals surface area contributed by atoms with E-state index in [4.69, 9.17) is 14.2 Å². The van der Waals surface area contributed by atoms with E-state index in [9.17, 15) is 0 Å². The van der Waals surface area contributed by atoms with Crippen LogP contribution in [0.15, 0.2) is 18.3 Å². The summed E-state index contributed by atoms with van der Waals surface area (Å²) in [7, 11) is 3.41. The van der Waals surface area contributed by atoms with E-state index in [1.54, 1.807) is 20.4 Å². The normalized spacial score (nSPS) is 10.6. The summed E-state index contributed by atoms with van der Waals surface area (Å²) in [6.45, 7) is 3.78. The van der Waals surface area contributed by atoms with Gasteiger partial charge in [-0.15, -0.1) is 0 Å². The minimum atomic E-state index is 0.705. The van der Waals surface area contributed by atoms with Crippen LogP contribution in [0.4, 0.5) is 0 Å². The monoisotopic (exact) mass is 268 g/mol. The van der Waals surface area contributed by atoms with Gasteiger partial charge in [0, 0.05) is 33.9 Å². The lowest BCUT2D eigenvalue weighted by Crippen LogP contribution is -2.19. The molecule has 0 atom stereocenters. The zero-order valence-corrected chi connectivity index (χ0v) is 11.9. The first-order chi connectivity index (χ1) is 9.36. The van der Waals surface area contributed by atoms with Crippen LogP contribution in [-0.4, -0.2) is 45.6 Å². The molecule has 0 saturated heterocycles. The first kappa shape index (κ1) is 15.9. The number of nitrogens with zero attached hydrogens (tertiary/aromatic N) is 1. The molecule has 19 heavy (non-hydrogen) atoms. The van der Waals surface area contributed by atoms with E-state index in [0.29, 0.717) is 13.2 Å². The Bertz CT molecular complexity index is 317. The maximum absolute atomic E-state index is 5.59. The van der Waals surface area contributed by atoms with Crippen LogP contribution < -0.4 is 10.1 Å². The molecule has 0 aliphatic heterocycles. The van der Waals surface area contributed by atoms with Crippen molar-refractivity contribution in [3.05, 3.63) is 24.0 Å². The van der Waals surface area contributed by atoms with Gasteiger partial charge in [0.15, 0.2) is 0 Å². The number of unbranched alkanes of at least 4 members (excludes halogenated alkanes) is 1. The van der Waals surface area contributed by atoms with Crippen molar-refractivity contribution < 1.29 is 14.2 Å². The third kappa shape index (κ3) is 7.77. The summed E-state index contributed by atoms with van der Waals surface area (Å²) in [6, 6.07) is 3.93. The van der Waals surface area contributed by atoms with E-state index in [1.807, 2.05) is 12.1 Å². The van der Waals surface area contributed by atoms with Gasteiger partial charge in [-0.1, -0.05) is 0 Å². The van der Waals surface area contributed by atoms with Gasteiger partial charge >= 0.3 is 0 Å². The van der Waals surface area contributed by atoms with Gasteiger partial charge in [-0.2, -0.15) is 0 Å². The van der Waals surface area contributed by atoms with Gasteiger partial charge in [0.05, 0.1) is 25.1 Å². The van der Waals surface area contributed by atoms with Gasteiger partial charge in [-0.25, -0.2) is 0 Å². The second-order valence-electron chi connectivity index (χ2n) is 4.20. The molecule has 0 fully saturated rings. The van der Waals surface area contributed by atoms with Crippen molar-refractivity contribution in [2.45, 2.75) is 19.4 Å².